The summed E-state index contributed by atoms with van der Waals surface area (Å²) < 4.78 is 0. The Labute approximate surface area is 123 Å². The molecular weight excluding hydrogens is 268 g/mol. The summed E-state index contributed by atoms with van der Waals surface area (Å²) in [5.74, 6) is 0. The number of halogens is 1. The average Bonchev–Trinajstić information content (AvgIpc) is 2.51. The molecule has 2 nitrogen and oxygen atoms in total. The van der Waals surface area contributed by atoms with Gasteiger partial charge in [-0.25, -0.2) is 0 Å². The quantitative estimate of drug-likeness (QED) is 0.711. The Morgan fingerprint density at radius 2 is 1.45 bits per heavy atom. The van der Waals surface area contributed by atoms with Gasteiger partial charge in [-0.1, -0.05) is 72.3 Å². The zero-order valence-electron chi connectivity index (χ0n) is 10.8. The van der Waals surface area contributed by atoms with E-state index in [-0.39, 0.29) is 0 Å². The van der Waals surface area contributed by atoms with Crippen LogP contribution in [0.3, 0.4) is 0 Å². The van der Waals surface area contributed by atoms with Gasteiger partial charge >= 0.3 is 0 Å². The molecule has 0 N–H and O–H groups in total. The number of hydrogen-bond acceptors (Lipinski definition) is 2. The number of benzene rings is 2. The largest absolute Gasteiger partial charge is 0.153 e. The van der Waals surface area contributed by atoms with Gasteiger partial charge in [0.15, 0.2) is 5.15 Å². The van der Waals surface area contributed by atoms with E-state index in [2.05, 4.69) is 34.5 Å². The van der Waals surface area contributed by atoms with Gasteiger partial charge in [0.05, 0.1) is 5.69 Å². The number of rotatable bonds is 3. The maximum atomic E-state index is 6.00. The van der Waals surface area contributed by atoms with Gasteiger partial charge in [-0.3, -0.25) is 0 Å². The SMILES string of the molecule is Clc1cc(-c2ccccc2)c(Cc2ccccc2)nn1. The van der Waals surface area contributed by atoms with Crippen LogP contribution in [-0.2, 0) is 6.42 Å². The van der Waals surface area contributed by atoms with Crippen LogP contribution in [0.5, 0.6) is 0 Å². The third-order valence-corrected chi connectivity index (χ3v) is 3.32. The highest BCUT2D eigenvalue weighted by Gasteiger charge is 2.09. The molecule has 0 aliphatic rings. The van der Waals surface area contributed by atoms with Crippen LogP contribution in [-0.4, -0.2) is 10.2 Å². The molecule has 0 aliphatic heterocycles. The van der Waals surface area contributed by atoms with Crippen LogP contribution in [0, 0.1) is 0 Å². The molecule has 1 aromatic heterocycles. The smallest absolute Gasteiger partial charge is 0.152 e. The maximum Gasteiger partial charge on any atom is 0.152 e. The molecule has 0 unspecified atom stereocenters. The molecule has 2 aromatic carbocycles. The zero-order chi connectivity index (χ0) is 13.8. The molecule has 98 valence electrons. The Hall–Kier alpha value is -2.19. The van der Waals surface area contributed by atoms with Crippen molar-refractivity contribution in [2.24, 2.45) is 0 Å². The second kappa shape index (κ2) is 5.85. The molecule has 0 bridgehead atoms. The third kappa shape index (κ3) is 2.86. The molecule has 0 fully saturated rings. The highest BCUT2D eigenvalue weighted by Crippen LogP contribution is 2.25. The van der Waals surface area contributed by atoms with Crippen LogP contribution in [0.4, 0.5) is 0 Å². The highest BCUT2D eigenvalue weighted by atomic mass is 35.5. The van der Waals surface area contributed by atoms with E-state index in [1.54, 1.807) is 0 Å². The summed E-state index contributed by atoms with van der Waals surface area (Å²) in [5.41, 5.74) is 4.29. The molecule has 0 aliphatic carbocycles. The van der Waals surface area contributed by atoms with Gasteiger partial charge in [0.2, 0.25) is 0 Å². The summed E-state index contributed by atoms with van der Waals surface area (Å²) in [5, 5.41) is 8.66. The fraction of sp³-hybridized carbons (Fsp3) is 0.0588. The van der Waals surface area contributed by atoms with E-state index in [0.29, 0.717) is 5.15 Å². The number of aromatic nitrogens is 2. The van der Waals surface area contributed by atoms with E-state index in [9.17, 15) is 0 Å². The van der Waals surface area contributed by atoms with Gasteiger partial charge < -0.3 is 0 Å². The Balaban J connectivity index is 2.03. The number of nitrogens with zero attached hydrogens (tertiary/aromatic N) is 2. The van der Waals surface area contributed by atoms with E-state index in [1.165, 1.54) is 5.56 Å². The first-order chi connectivity index (χ1) is 9.83. The summed E-state index contributed by atoms with van der Waals surface area (Å²) in [6.07, 6.45) is 0.745. The average molecular weight is 281 g/mol. The van der Waals surface area contributed by atoms with Crippen molar-refractivity contribution in [3.63, 3.8) is 0 Å². The van der Waals surface area contributed by atoms with Crippen molar-refractivity contribution >= 4 is 11.6 Å². The fourth-order valence-electron chi connectivity index (χ4n) is 2.18. The minimum absolute atomic E-state index is 0.417. The van der Waals surface area contributed by atoms with Gasteiger partial charge in [-0.2, -0.15) is 5.10 Å². The molecular formula is C17H13ClN2. The molecule has 3 rings (SSSR count). The lowest BCUT2D eigenvalue weighted by molar-refractivity contribution is 0.941. The van der Waals surface area contributed by atoms with Gasteiger partial charge in [0.1, 0.15) is 0 Å². The van der Waals surface area contributed by atoms with Gasteiger partial charge in [-0.05, 0) is 17.2 Å². The standard InChI is InChI=1S/C17H13ClN2/c18-17-12-15(14-9-5-2-6-10-14)16(19-20-17)11-13-7-3-1-4-8-13/h1-10,12H,11H2. The minimum Gasteiger partial charge on any atom is -0.153 e. The van der Waals surface area contributed by atoms with Gasteiger partial charge in [-0.15, -0.1) is 5.10 Å². The zero-order valence-corrected chi connectivity index (χ0v) is 11.6. The van der Waals surface area contributed by atoms with Gasteiger partial charge in [0.25, 0.3) is 0 Å². The first-order valence-corrected chi connectivity index (χ1v) is 6.82. The predicted molar refractivity (Wildman–Crippen MR) is 81.7 cm³/mol. The molecule has 0 amide bonds. The van der Waals surface area contributed by atoms with E-state index in [4.69, 9.17) is 11.6 Å². The molecule has 3 heteroatoms. The number of hydrogen-bond donors (Lipinski definition) is 0. The van der Waals surface area contributed by atoms with Crippen molar-refractivity contribution in [1.82, 2.24) is 10.2 Å². The molecule has 0 radical (unpaired) electrons. The first-order valence-electron chi connectivity index (χ1n) is 6.44. The third-order valence-electron chi connectivity index (χ3n) is 3.14. The Morgan fingerprint density at radius 1 is 0.800 bits per heavy atom. The van der Waals surface area contributed by atoms with Crippen molar-refractivity contribution in [2.75, 3.05) is 0 Å². The molecule has 3 aromatic rings. The minimum atomic E-state index is 0.417. The van der Waals surface area contributed by atoms with E-state index in [1.807, 2.05) is 42.5 Å². The molecule has 0 saturated carbocycles. The summed E-state index contributed by atoms with van der Waals surface area (Å²) in [7, 11) is 0. The van der Waals surface area contributed by atoms with Crippen LogP contribution in [0.2, 0.25) is 5.15 Å². The van der Waals surface area contributed by atoms with E-state index >= 15 is 0 Å². The Morgan fingerprint density at radius 3 is 2.15 bits per heavy atom. The molecule has 1 heterocycles. The van der Waals surface area contributed by atoms with Crippen molar-refractivity contribution < 1.29 is 0 Å². The second-order valence-corrected chi connectivity index (χ2v) is 4.94. The highest BCUT2D eigenvalue weighted by molar-refractivity contribution is 6.29. The van der Waals surface area contributed by atoms with Crippen LogP contribution >= 0.6 is 11.6 Å². The molecule has 0 saturated heterocycles. The molecule has 0 atom stereocenters. The fourth-order valence-corrected chi connectivity index (χ4v) is 2.33. The summed E-state index contributed by atoms with van der Waals surface area (Å²) in [4.78, 5) is 0. The van der Waals surface area contributed by atoms with Crippen molar-refractivity contribution in [3.05, 3.63) is 83.1 Å². The molecule has 20 heavy (non-hydrogen) atoms. The van der Waals surface area contributed by atoms with Crippen LogP contribution in [0.25, 0.3) is 11.1 Å². The van der Waals surface area contributed by atoms with Crippen LogP contribution in [0.15, 0.2) is 66.7 Å². The normalized spacial score (nSPS) is 10.4. The first kappa shape index (κ1) is 12.8. The van der Waals surface area contributed by atoms with E-state index in [0.717, 1.165) is 23.2 Å². The second-order valence-electron chi connectivity index (χ2n) is 4.56. The van der Waals surface area contributed by atoms with Crippen LogP contribution in [0.1, 0.15) is 11.3 Å². The monoisotopic (exact) mass is 280 g/mol. The van der Waals surface area contributed by atoms with Crippen LogP contribution < -0.4 is 0 Å². The Kier molecular flexibility index (Phi) is 3.75. The van der Waals surface area contributed by atoms with Crippen molar-refractivity contribution in [2.45, 2.75) is 6.42 Å². The lowest BCUT2D eigenvalue weighted by atomic mass is 10.0. The lowest BCUT2D eigenvalue weighted by Gasteiger charge is -2.08. The summed E-state index contributed by atoms with van der Waals surface area (Å²) in [6.45, 7) is 0. The predicted octanol–water partition coefficient (Wildman–Crippen LogP) is 4.39. The van der Waals surface area contributed by atoms with Crippen molar-refractivity contribution in [1.29, 1.82) is 0 Å². The van der Waals surface area contributed by atoms with E-state index < -0.39 is 0 Å². The Bertz CT molecular complexity index is 697. The topological polar surface area (TPSA) is 25.8 Å². The van der Waals surface area contributed by atoms with Crippen molar-refractivity contribution in [3.8, 4) is 11.1 Å². The maximum absolute atomic E-state index is 6.00. The van der Waals surface area contributed by atoms with Gasteiger partial charge in [0, 0.05) is 12.0 Å². The molecule has 0 spiro atoms. The summed E-state index contributed by atoms with van der Waals surface area (Å²) >= 11 is 6.00. The lowest BCUT2D eigenvalue weighted by Crippen LogP contribution is -1.98. The summed E-state index contributed by atoms with van der Waals surface area (Å²) in [6, 6.07) is 22.3.